The van der Waals surface area contributed by atoms with Crippen LogP contribution in [0.5, 0.6) is 0 Å². The molecule has 1 heterocycles. The molecule has 1 amide bonds. The molecule has 1 aliphatic carbocycles. The molecule has 128 valence electrons. The van der Waals surface area contributed by atoms with Crippen LogP contribution >= 0.6 is 11.8 Å². The van der Waals surface area contributed by atoms with Gasteiger partial charge in [-0.1, -0.05) is 50.6 Å². The summed E-state index contributed by atoms with van der Waals surface area (Å²) >= 11 is 1.47. The van der Waals surface area contributed by atoms with E-state index >= 15 is 0 Å². The van der Waals surface area contributed by atoms with Crippen LogP contribution in [-0.4, -0.2) is 27.7 Å². The molecule has 3 atom stereocenters. The van der Waals surface area contributed by atoms with E-state index in [9.17, 15) is 4.79 Å². The molecular weight excluding hydrogens is 318 g/mol. The number of amides is 1. The molecule has 3 rings (SSSR count). The molecule has 1 saturated carbocycles. The molecule has 0 aliphatic heterocycles. The number of carbonyl (C=O) groups is 1. The lowest BCUT2D eigenvalue weighted by Gasteiger charge is -2.34. The Hall–Kier alpha value is -1.62. The Labute approximate surface area is 147 Å². The summed E-state index contributed by atoms with van der Waals surface area (Å²) in [7, 11) is 0. The molecule has 24 heavy (non-hydrogen) atoms. The largest absolute Gasteiger partial charge is 0.352 e. The molecule has 1 aromatic carbocycles. The quantitative estimate of drug-likeness (QED) is 0.854. The first-order chi connectivity index (χ1) is 11.5. The Kier molecular flexibility index (Phi) is 5.39. The predicted octanol–water partition coefficient (Wildman–Crippen LogP) is 3.97. The van der Waals surface area contributed by atoms with E-state index in [1.54, 1.807) is 0 Å². The molecule has 5 heteroatoms. The van der Waals surface area contributed by atoms with E-state index in [2.05, 4.69) is 29.1 Å². The molecule has 1 aromatic heterocycles. The van der Waals surface area contributed by atoms with Crippen molar-refractivity contribution in [1.82, 2.24) is 15.3 Å². The highest BCUT2D eigenvalue weighted by atomic mass is 32.2. The molecule has 1 fully saturated rings. The van der Waals surface area contributed by atoms with Crippen LogP contribution in [0.4, 0.5) is 0 Å². The van der Waals surface area contributed by atoms with Gasteiger partial charge in [0.05, 0.1) is 22.5 Å². The number of thioether (sulfide) groups is 1. The third kappa shape index (κ3) is 3.89. The number of nitrogens with zero attached hydrogens (tertiary/aromatic N) is 2. The van der Waals surface area contributed by atoms with Crippen LogP contribution in [0.1, 0.15) is 38.8 Å². The monoisotopic (exact) mass is 343 g/mol. The SMILES string of the molecule is Cc1nc2ccccc2nc1SCC(=O)N[C@H]1CCC[C@@H](C)[C@H]1C. The summed E-state index contributed by atoms with van der Waals surface area (Å²) in [4.78, 5) is 21.5. The van der Waals surface area contributed by atoms with Crippen LogP contribution in [-0.2, 0) is 4.79 Å². The zero-order chi connectivity index (χ0) is 17.1. The van der Waals surface area contributed by atoms with E-state index in [1.807, 2.05) is 31.2 Å². The summed E-state index contributed by atoms with van der Waals surface area (Å²) in [5.41, 5.74) is 2.65. The fraction of sp³-hybridized carbons (Fsp3) is 0.526. The Morgan fingerprint density at radius 3 is 2.67 bits per heavy atom. The van der Waals surface area contributed by atoms with E-state index in [0.717, 1.165) is 28.2 Å². The Balaban J connectivity index is 1.61. The van der Waals surface area contributed by atoms with Gasteiger partial charge in [0.25, 0.3) is 0 Å². The molecule has 1 aliphatic rings. The maximum atomic E-state index is 12.3. The van der Waals surface area contributed by atoms with E-state index < -0.39 is 0 Å². The first kappa shape index (κ1) is 17.2. The lowest BCUT2D eigenvalue weighted by atomic mass is 9.78. The van der Waals surface area contributed by atoms with Gasteiger partial charge in [0.1, 0.15) is 5.03 Å². The number of carbonyl (C=O) groups excluding carboxylic acids is 1. The smallest absolute Gasteiger partial charge is 0.230 e. The summed E-state index contributed by atoms with van der Waals surface area (Å²) in [6, 6.07) is 8.15. The van der Waals surface area contributed by atoms with Crippen LogP contribution in [0.3, 0.4) is 0 Å². The fourth-order valence-corrected chi connectivity index (χ4v) is 4.15. The number of aryl methyl sites for hydroxylation is 1. The minimum absolute atomic E-state index is 0.0975. The third-order valence-corrected chi connectivity index (χ3v) is 6.16. The summed E-state index contributed by atoms with van der Waals surface area (Å²) in [5.74, 6) is 1.73. The van der Waals surface area contributed by atoms with E-state index in [0.29, 0.717) is 23.6 Å². The molecule has 0 spiro atoms. The van der Waals surface area contributed by atoms with Crippen molar-refractivity contribution in [1.29, 1.82) is 0 Å². The van der Waals surface area contributed by atoms with Crippen LogP contribution < -0.4 is 5.32 Å². The van der Waals surface area contributed by atoms with Crippen LogP contribution in [0.15, 0.2) is 29.3 Å². The van der Waals surface area contributed by atoms with Gasteiger partial charge in [0.15, 0.2) is 0 Å². The van der Waals surface area contributed by atoms with Crippen molar-refractivity contribution in [3.05, 3.63) is 30.0 Å². The van der Waals surface area contributed by atoms with Crippen molar-refractivity contribution in [3.8, 4) is 0 Å². The second-order valence-corrected chi connectivity index (χ2v) is 7.80. The highest BCUT2D eigenvalue weighted by Crippen LogP contribution is 2.29. The topological polar surface area (TPSA) is 54.9 Å². The van der Waals surface area contributed by atoms with Crippen molar-refractivity contribution < 1.29 is 4.79 Å². The van der Waals surface area contributed by atoms with Gasteiger partial charge in [-0.3, -0.25) is 4.79 Å². The summed E-state index contributed by atoms with van der Waals surface area (Å²) in [6.45, 7) is 6.48. The van der Waals surface area contributed by atoms with Gasteiger partial charge in [0.2, 0.25) is 5.91 Å². The molecule has 4 nitrogen and oxygen atoms in total. The van der Waals surface area contributed by atoms with Gasteiger partial charge in [-0.05, 0) is 37.3 Å². The van der Waals surface area contributed by atoms with E-state index in [1.165, 1.54) is 24.6 Å². The number of hydrogen-bond acceptors (Lipinski definition) is 4. The molecule has 0 radical (unpaired) electrons. The minimum atomic E-state index is 0.0975. The van der Waals surface area contributed by atoms with Crippen molar-refractivity contribution in [2.24, 2.45) is 11.8 Å². The maximum absolute atomic E-state index is 12.3. The van der Waals surface area contributed by atoms with Crippen molar-refractivity contribution in [2.45, 2.75) is 51.1 Å². The van der Waals surface area contributed by atoms with E-state index in [4.69, 9.17) is 0 Å². The van der Waals surface area contributed by atoms with Gasteiger partial charge in [-0.15, -0.1) is 0 Å². The summed E-state index contributed by atoms with van der Waals surface area (Å²) in [5, 5.41) is 4.06. The average molecular weight is 343 g/mol. The number of fused-ring (bicyclic) bond motifs is 1. The fourth-order valence-electron chi connectivity index (χ4n) is 3.38. The van der Waals surface area contributed by atoms with Crippen molar-refractivity contribution in [3.63, 3.8) is 0 Å². The van der Waals surface area contributed by atoms with Gasteiger partial charge in [0, 0.05) is 6.04 Å². The van der Waals surface area contributed by atoms with Gasteiger partial charge < -0.3 is 5.32 Å². The predicted molar refractivity (Wildman–Crippen MR) is 99.1 cm³/mol. The number of nitrogens with one attached hydrogen (secondary N) is 1. The number of benzene rings is 1. The summed E-state index contributed by atoms with van der Waals surface area (Å²) < 4.78 is 0. The zero-order valence-corrected chi connectivity index (χ0v) is 15.4. The second-order valence-electron chi connectivity index (χ2n) is 6.83. The number of aromatic nitrogens is 2. The summed E-state index contributed by atoms with van der Waals surface area (Å²) in [6.07, 6.45) is 3.57. The standard InChI is InChI=1S/C19H25N3OS/c1-12-7-6-10-15(13(12)2)21-18(23)11-24-19-14(3)20-16-8-4-5-9-17(16)22-19/h4-5,8-9,12-13,15H,6-7,10-11H2,1-3H3,(H,21,23)/t12-,13-,15+/m1/s1. The molecular formula is C19H25N3OS. The van der Waals surface area contributed by atoms with Crippen LogP contribution in [0.25, 0.3) is 11.0 Å². The number of hydrogen-bond donors (Lipinski definition) is 1. The molecule has 2 aromatic rings. The first-order valence-electron chi connectivity index (χ1n) is 8.70. The number of rotatable bonds is 4. The normalized spacial score (nSPS) is 24.0. The lowest BCUT2D eigenvalue weighted by Crippen LogP contribution is -2.44. The van der Waals surface area contributed by atoms with Crippen LogP contribution in [0, 0.1) is 18.8 Å². The second kappa shape index (κ2) is 7.51. The van der Waals surface area contributed by atoms with Crippen molar-refractivity contribution in [2.75, 3.05) is 5.75 Å². The maximum Gasteiger partial charge on any atom is 0.230 e. The molecule has 0 unspecified atom stereocenters. The Morgan fingerprint density at radius 1 is 1.21 bits per heavy atom. The van der Waals surface area contributed by atoms with E-state index in [-0.39, 0.29) is 5.91 Å². The highest BCUT2D eigenvalue weighted by molar-refractivity contribution is 7.99. The Bertz CT molecular complexity index is 734. The minimum Gasteiger partial charge on any atom is -0.352 e. The molecule has 1 N–H and O–H groups in total. The van der Waals surface area contributed by atoms with Gasteiger partial charge in [-0.25, -0.2) is 9.97 Å². The highest BCUT2D eigenvalue weighted by Gasteiger charge is 2.28. The van der Waals surface area contributed by atoms with Crippen molar-refractivity contribution >= 4 is 28.7 Å². The Morgan fingerprint density at radius 2 is 1.92 bits per heavy atom. The van der Waals surface area contributed by atoms with Crippen LogP contribution in [0.2, 0.25) is 0 Å². The first-order valence-corrected chi connectivity index (χ1v) is 9.68. The van der Waals surface area contributed by atoms with Gasteiger partial charge in [-0.2, -0.15) is 0 Å². The third-order valence-electron chi connectivity index (χ3n) is 5.09. The van der Waals surface area contributed by atoms with Gasteiger partial charge >= 0.3 is 0 Å². The molecule has 0 saturated heterocycles. The zero-order valence-electron chi connectivity index (χ0n) is 14.6. The lowest BCUT2D eigenvalue weighted by molar-refractivity contribution is -0.119. The average Bonchev–Trinajstić information content (AvgIpc) is 2.57. The molecule has 0 bridgehead atoms. The number of para-hydroxylation sites is 2.